The van der Waals surface area contributed by atoms with Crippen LogP contribution in [0.15, 0.2) is 18.2 Å². The van der Waals surface area contributed by atoms with E-state index in [1.165, 1.54) is 12.5 Å². The first kappa shape index (κ1) is 14.1. The minimum Gasteiger partial charge on any atom is -0.378 e. The van der Waals surface area contributed by atoms with E-state index in [0.717, 1.165) is 12.8 Å². The Morgan fingerprint density at radius 2 is 2.16 bits per heavy atom. The topological polar surface area (TPSA) is 58.4 Å². The van der Waals surface area contributed by atoms with Crippen LogP contribution < -0.4 is 5.32 Å². The number of rotatable bonds is 5. The maximum atomic E-state index is 11.0. The number of nitrogens with one attached hydrogen (secondary N) is 1. The van der Waals surface area contributed by atoms with Gasteiger partial charge in [0.2, 0.25) is 0 Å². The lowest BCUT2D eigenvalue weighted by atomic mass is 9.75. The molecule has 0 saturated heterocycles. The average Bonchev–Trinajstić information content (AvgIpc) is 2.28. The van der Waals surface area contributed by atoms with E-state index in [4.69, 9.17) is 11.6 Å². The largest absolute Gasteiger partial charge is 0.378 e. The molecule has 0 aromatic heterocycles. The number of nitro groups is 1. The third kappa shape index (κ3) is 2.82. The van der Waals surface area contributed by atoms with Gasteiger partial charge in [-0.05, 0) is 45.5 Å². The van der Waals surface area contributed by atoms with Crippen molar-refractivity contribution in [1.29, 1.82) is 0 Å². The molecule has 0 radical (unpaired) electrons. The van der Waals surface area contributed by atoms with Crippen LogP contribution in [0.3, 0.4) is 0 Å². The smallest absolute Gasteiger partial charge is 0.293 e. The first-order chi connectivity index (χ1) is 8.94. The zero-order valence-electron chi connectivity index (χ0n) is 11.1. The fourth-order valence-corrected chi connectivity index (χ4v) is 2.60. The van der Waals surface area contributed by atoms with Crippen molar-refractivity contribution in [1.82, 2.24) is 4.90 Å². The van der Waals surface area contributed by atoms with Gasteiger partial charge >= 0.3 is 0 Å². The minimum absolute atomic E-state index is 0.0285. The molecule has 2 rings (SSSR count). The van der Waals surface area contributed by atoms with E-state index in [1.807, 2.05) is 0 Å². The Labute approximate surface area is 117 Å². The molecule has 0 spiro atoms. The van der Waals surface area contributed by atoms with Gasteiger partial charge < -0.3 is 10.2 Å². The van der Waals surface area contributed by atoms with Gasteiger partial charge in [0.1, 0.15) is 5.69 Å². The van der Waals surface area contributed by atoms with E-state index in [9.17, 15) is 10.1 Å². The van der Waals surface area contributed by atoms with Crippen LogP contribution in [0.2, 0.25) is 5.02 Å². The standard InChI is InChI=1S/C13H18ClN3O2/c1-16(2)13(6-3-7-13)9-15-11-5-4-10(14)8-12(11)17(18)19/h4-5,8,15H,3,6-7,9H2,1-2H3. The van der Waals surface area contributed by atoms with Gasteiger partial charge in [-0.15, -0.1) is 0 Å². The molecule has 0 amide bonds. The van der Waals surface area contributed by atoms with Crippen LogP contribution in [0.5, 0.6) is 0 Å². The fourth-order valence-electron chi connectivity index (χ4n) is 2.43. The fraction of sp³-hybridized carbons (Fsp3) is 0.538. The van der Waals surface area contributed by atoms with Crippen LogP contribution in [0.1, 0.15) is 19.3 Å². The van der Waals surface area contributed by atoms with Crippen LogP contribution in [0.25, 0.3) is 0 Å². The zero-order chi connectivity index (χ0) is 14.0. The number of benzene rings is 1. The molecule has 5 nitrogen and oxygen atoms in total. The van der Waals surface area contributed by atoms with Crippen molar-refractivity contribution in [2.45, 2.75) is 24.8 Å². The lowest BCUT2D eigenvalue weighted by molar-refractivity contribution is -0.384. The van der Waals surface area contributed by atoms with Crippen LogP contribution in [0, 0.1) is 10.1 Å². The second-order valence-corrected chi connectivity index (χ2v) is 5.68. The van der Waals surface area contributed by atoms with Crippen LogP contribution in [-0.2, 0) is 0 Å². The lowest BCUT2D eigenvalue weighted by Gasteiger charge is -2.47. The predicted octanol–water partition coefficient (Wildman–Crippen LogP) is 3.14. The molecule has 6 heteroatoms. The van der Waals surface area contributed by atoms with Crippen molar-refractivity contribution in [2.24, 2.45) is 0 Å². The molecule has 0 atom stereocenters. The Hall–Kier alpha value is -1.33. The van der Waals surface area contributed by atoms with Gasteiger partial charge in [-0.3, -0.25) is 10.1 Å². The summed E-state index contributed by atoms with van der Waals surface area (Å²) >= 11 is 5.80. The van der Waals surface area contributed by atoms with Gasteiger partial charge in [-0.2, -0.15) is 0 Å². The van der Waals surface area contributed by atoms with Gasteiger partial charge in [0.05, 0.1) is 4.92 Å². The van der Waals surface area contributed by atoms with Gasteiger partial charge in [0.25, 0.3) is 5.69 Å². The Morgan fingerprint density at radius 1 is 1.47 bits per heavy atom. The van der Waals surface area contributed by atoms with Gasteiger partial charge in [0, 0.05) is 23.2 Å². The van der Waals surface area contributed by atoms with E-state index < -0.39 is 4.92 Å². The summed E-state index contributed by atoms with van der Waals surface area (Å²) in [6, 6.07) is 4.72. The number of hydrogen-bond donors (Lipinski definition) is 1. The lowest BCUT2D eigenvalue weighted by Crippen LogP contribution is -2.54. The summed E-state index contributed by atoms with van der Waals surface area (Å²) in [6.07, 6.45) is 3.45. The van der Waals surface area contributed by atoms with E-state index in [-0.39, 0.29) is 11.2 Å². The number of nitrogens with zero attached hydrogens (tertiary/aromatic N) is 2. The number of hydrogen-bond acceptors (Lipinski definition) is 4. The molecule has 0 heterocycles. The summed E-state index contributed by atoms with van der Waals surface area (Å²) in [5.41, 5.74) is 0.677. The summed E-state index contributed by atoms with van der Waals surface area (Å²) < 4.78 is 0. The Morgan fingerprint density at radius 3 is 2.63 bits per heavy atom. The first-order valence-electron chi connectivity index (χ1n) is 6.30. The van der Waals surface area contributed by atoms with E-state index >= 15 is 0 Å². The van der Waals surface area contributed by atoms with Crippen molar-refractivity contribution < 1.29 is 4.92 Å². The quantitative estimate of drug-likeness (QED) is 0.666. The van der Waals surface area contributed by atoms with Crippen molar-refractivity contribution in [2.75, 3.05) is 26.0 Å². The third-order valence-electron chi connectivity index (χ3n) is 4.00. The Bertz CT molecular complexity index is 487. The third-order valence-corrected chi connectivity index (χ3v) is 4.23. The van der Waals surface area contributed by atoms with Crippen molar-refractivity contribution >= 4 is 23.0 Å². The molecule has 104 valence electrons. The summed E-state index contributed by atoms with van der Waals surface area (Å²) in [4.78, 5) is 12.8. The van der Waals surface area contributed by atoms with Crippen LogP contribution in [0.4, 0.5) is 11.4 Å². The SMILES string of the molecule is CN(C)C1(CNc2ccc(Cl)cc2[N+](=O)[O-])CCC1. The second kappa shape index (κ2) is 5.35. The van der Waals surface area contributed by atoms with Crippen molar-refractivity contribution in [3.05, 3.63) is 33.3 Å². The molecule has 0 bridgehead atoms. The summed E-state index contributed by atoms with van der Waals surface area (Å²) in [5, 5.41) is 14.6. The highest BCUT2D eigenvalue weighted by molar-refractivity contribution is 6.30. The van der Waals surface area contributed by atoms with Crippen LogP contribution in [-0.4, -0.2) is 36.0 Å². The molecule has 19 heavy (non-hydrogen) atoms. The molecule has 1 aliphatic rings. The molecular weight excluding hydrogens is 266 g/mol. The number of likely N-dealkylation sites (N-methyl/N-ethyl adjacent to an activating group) is 1. The van der Waals surface area contributed by atoms with E-state index in [1.54, 1.807) is 12.1 Å². The maximum Gasteiger partial charge on any atom is 0.293 e. The summed E-state index contributed by atoms with van der Waals surface area (Å²) in [6.45, 7) is 0.711. The maximum absolute atomic E-state index is 11.0. The van der Waals surface area contributed by atoms with Gasteiger partial charge in [0.15, 0.2) is 0 Å². The number of nitro benzene ring substituents is 1. The summed E-state index contributed by atoms with van der Waals surface area (Å²) in [7, 11) is 4.11. The average molecular weight is 284 g/mol. The molecule has 1 aromatic carbocycles. The molecule has 1 aliphatic carbocycles. The molecule has 0 unspecified atom stereocenters. The Kier molecular flexibility index (Phi) is 3.96. The summed E-state index contributed by atoms with van der Waals surface area (Å²) in [5.74, 6) is 0. The normalized spacial score (nSPS) is 17.1. The highest BCUT2D eigenvalue weighted by Crippen LogP contribution is 2.37. The van der Waals surface area contributed by atoms with Crippen LogP contribution >= 0.6 is 11.6 Å². The number of halogens is 1. The molecule has 1 aromatic rings. The molecule has 0 aliphatic heterocycles. The van der Waals surface area contributed by atoms with E-state index in [0.29, 0.717) is 17.3 Å². The highest BCUT2D eigenvalue weighted by Gasteiger charge is 2.39. The van der Waals surface area contributed by atoms with Crippen molar-refractivity contribution in [3.63, 3.8) is 0 Å². The molecule has 1 N–H and O–H groups in total. The highest BCUT2D eigenvalue weighted by atomic mass is 35.5. The molecule has 1 saturated carbocycles. The zero-order valence-corrected chi connectivity index (χ0v) is 11.9. The molecular formula is C13H18ClN3O2. The first-order valence-corrected chi connectivity index (χ1v) is 6.68. The van der Waals surface area contributed by atoms with E-state index in [2.05, 4.69) is 24.3 Å². The van der Waals surface area contributed by atoms with Gasteiger partial charge in [-0.25, -0.2) is 0 Å². The molecule has 1 fully saturated rings. The predicted molar refractivity (Wildman–Crippen MR) is 76.9 cm³/mol. The van der Waals surface area contributed by atoms with Crippen molar-refractivity contribution in [3.8, 4) is 0 Å². The van der Waals surface area contributed by atoms with Gasteiger partial charge in [-0.1, -0.05) is 11.6 Å². The second-order valence-electron chi connectivity index (χ2n) is 5.24. The monoisotopic (exact) mass is 283 g/mol. The number of anilines is 1. The Balaban J connectivity index is 2.13. The minimum atomic E-state index is -0.405.